The Labute approximate surface area is 184 Å². The van der Waals surface area contributed by atoms with Crippen molar-refractivity contribution in [2.45, 2.75) is 32.9 Å². The van der Waals surface area contributed by atoms with Crippen LogP contribution in [-0.2, 0) is 0 Å². The van der Waals surface area contributed by atoms with E-state index >= 15 is 0 Å². The molecule has 0 saturated carbocycles. The van der Waals surface area contributed by atoms with E-state index in [4.69, 9.17) is 11.6 Å². The van der Waals surface area contributed by atoms with Gasteiger partial charge in [-0.3, -0.25) is 14.7 Å². The van der Waals surface area contributed by atoms with Crippen LogP contribution in [0.4, 0.5) is 0 Å². The van der Waals surface area contributed by atoms with Crippen LogP contribution in [0.1, 0.15) is 31.1 Å². The zero-order valence-corrected chi connectivity index (χ0v) is 19.5. The Morgan fingerprint density at radius 3 is 2.52 bits per heavy atom. The van der Waals surface area contributed by atoms with Gasteiger partial charge in [0, 0.05) is 45.3 Å². The van der Waals surface area contributed by atoms with Gasteiger partial charge >= 0.3 is 0 Å². The molecule has 8 heteroatoms. The molecule has 1 heterocycles. The topological polar surface area (TPSA) is 68.8 Å². The average molecular weight is 508 g/mol. The van der Waals surface area contributed by atoms with Crippen LogP contribution in [0.5, 0.6) is 0 Å². The first-order valence-electron chi connectivity index (χ1n) is 9.16. The van der Waals surface area contributed by atoms with Gasteiger partial charge in [0.1, 0.15) is 0 Å². The van der Waals surface area contributed by atoms with E-state index in [1.807, 2.05) is 0 Å². The zero-order chi connectivity index (χ0) is 19.1. The van der Waals surface area contributed by atoms with Crippen molar-refractivity contribution < 1.29 is 4.79 Å². The van der Waals surface area contributed by atoms with E-state index in [0.717, 1.165) is 19.0 Å². The molecule has 6 nitrogen and oxygen atoms in total. The largest absolute Gasteiger partial charge is 0.355 e. The normalized spacial score (nSPS) is 20.3. The van der Waals surface area contributed by atoms with Crippen molar-refractivity contribution in [2.75, 3.05) is 33.2 Å². The molecule has 1 aliphatic heterocycles. The van der Waals surface area contributed by atoms with Crippen LogP contribution < -0.4 is 16.0 Å². The lowest BCUT2D eigenvalue weighted by atomic mass is 10.1. The summed E-state index contributed by atoms with van der Waals surface area (Å²) < 4.78 is 0. The summed E-state index contributed by atoms with van der Waals surface area (Å²) >= 11 is 6.04. The highest BCUT2D eigenvalue weighted by Gasteiger charge is 2.31. The fourth-order valence-electron chi connectivity index (χ4n) is 3.08. The summed E-state index contributed by atoms with van der Waals surface area (Å²) in [6.07, 6.45) is 0. The van der Waals surface area contributed by atoms with Gasteiger partial charge in [-0.05, 0) is 31.9 Å². The lowest BCUT2D eigenvalue weighted by Crippen LogP contribution is -2.48. The summed E-state index contributed by atoms with van der Waals surface area (Å²) in [5, 5.41) is 10.1. The summed E-state index contributed by atoms with van der Waals surface area (Å²) in [6, 6.07) is 7.96. The Morgan fingerprint density at radius 2 is 1.93 bits per heavy atom. The monoisotopic (exact) mass is 507 g/mol. The maximum absolute atomic E-state index is 12.1. The van der Waals surface area contributed by atoms with Gasteiger partial charge in [-0.15, -0.1) is 24.0 Å². The van der Waals surface area contributed by atoms with E-state index < -0.39 is 0 Å². The summed E-state index contributed by atoms with van der Waals surface area (Å²) in [5.41, 5.74) is 0.491. The van der Waals surface area contributed by atoms with Gasteiger partial charge in [-0.25, -0.2) is 0 Å². The number of amides is 1. The first-order chi connectivity index (χ1) is 12.4. The van der Waals surface area contributed by atoms with E-state index in [1.54, 1.807) is 31.3 Å². The molecule has 0 radical (unpaired) electrons. The van der Waals surface area contributed by atoms with Gasteiger partial charge in [-0.2, -0.15) is 0 Å². The van der Waals surface area contributed by atoms with Crippen molar-refractivity contribution in [1.82, 2.24) is 20.9 Å². The molecule has 0 aromatic heterocycles. The van der Waals surface area contributed by atoms with Crippen molar-refractivity contribution >= 4 is 47.4 Å². The van der Waals surface area contributed by atoms with Crippen molar-refractivity contribution in [2.24, 2.45) is 10.9 Å². The molecule has 0 aliphatic carbocycles. The standard InChI is InChI=1S/C19H30ClN5O.HI/c1-13(2)25-11-14(3)17(12-25)24-19(21-4)23-10-9-22-18(26)15-7-5-6-8-16(15)20;/h5-8,13-14,17H,9-12H2,1-4H3,(H,22,26)(H2,21,23,24);1H. The van der Waals surface area contributed by atoms with E-state index in [9.17, 15) is 4.79 Å². The second kappa shape index (κ2) is 11.7. The molecule has 2 atom stereocenters. The highest BCUT2D eigenvalue weighted by molar-refractivity contribution is 14.0. The number of carbonyl (C=O) groups excluding carboxylic acids is 1. The fraction of sp³-hybridized carbons (Fsp3) is 0.579. The number of nitrogens with one attached hydrogen (secondary N) is 3. The van der Waals surface area contributed by atoms with Gasteiger partial charge in [0.2, 0.25) is 0 Å². The molecule has 1 amide bonds. The number of guanidine groups is 1. The first kappa shape index (κ1) is 24.0. The number of hydrogen-bond donors (Lipinski definition) is 3. The zero-order valence-electron chi connectivity index (χ0n) is 16.5. The van der Waals surface area contributed by atoms with E-state index in [1.165, 1.54) is 0 Å². The molecule has 3 N–H and O–H groups in total. The average Bonchev–Trinajstić information content (AvgIpc) is 2.98. The maximum atomic E-state index is 12.1. The van der Waals surface area contributed by atoms with E-state index in [0.29, 0.717) is 41.7 Å². The molecular formula is C19H31ClIN5O. The van der Waals surface area contributed by atoms with Gasteiger partial charge in [0.05, 0.1) is 10.6 Å². The Morgan fingerprint density at radius 1 is 1.26 bits per heavy atom. The highest BCUT2D eigenvalue weighted by Crippen LogP contribution is 2.18. The Hall–Kier alpha value is -1.06. The smallest absolute Gasteiger partial charge is 0.252 e. The van der Waals surface area contributed by atoms with E-state index in [-0.39, 0.29) is 29.9 Å². The third-order valence-electron chi connectivity index (χ3n) is 4.74. The number of benzene rings is 1. The number of halogens is 2. The number of carbonyl (C=O) groups is 1. The molecule has 1 aromatic rings. The number of aliphatic imine (C=N–C) groups is 1. The predicted molar refractivity (Wildman–Crippen MR) is 123 cm³/mol. The minimum Gasteiger partial charge on any atom is -0.355 e. The van der Waals surface area contributed by atoms with Gasteiger partial charge in [0.25, 0.3) is 5.91 Å². The molecule has 2 rings (SSSR count). The number of nitrogens with zero attached hydrogens (tertiary/aromatic N) is 2. The van der Waals surface area contributed by atoms with Crippen molar-refractivity contribution in [3.05, 3.63) is 34.9 Å². The quantitative estimate of drug-likeness (QED) is 0.240. The number of likely N-dealkylation sites (tertiary alicyclic amines) is 1. The molecular weight excluding hydrogens is 477 g/mol. The Kier molecular flexibility index (Phi) is 10.4. The Balaban J connectivity index is 0.00000364. The molecule has 0 bridgehead atoms. The lowest BCUT2D eigenvalue weighted by molar-refractivity contribution is 0.0954. The van der Waals surface area contributed by atoms with Crippen molar-refractivity contribution in [3.63, 3.8) is 0 Å². The summed E-state index contributed by atoms with van der Waals surface area (Å²) in [4.78, 5) is 18.9. The third-order valence-corrected chi connectivity index (χ3v) is 5.07. The van der Waals surface area contributed by atoms with Crippen LogP contribution in [0, 0.1) is 5.92 Å². The molecule has 1 saturated heterocycles. The summed E-state index contributed by atoms with van der Waals surface area (Å²) in [5.74, 6) is 1.16. The molecule has 1 aliphatic rings. The molecule has 27 heavy (non-hydrogen) atoms. The van der Waals surface area contributed by atoms with Crippen LogP contribution in [0.15, 0.2) is 29.3 Å². The van der Waals surface area contributed by atoms with Crippen molar-refractivity contribution in [1.29, 1.82) is 0 Å². The van der Waals surface area contributed by atoms with Gasteiger partial charge in [-0.1, -0.05) is 30.7 Å². The van der Waals surface area contributed by atoms with Gasteiger partial charge in [0.15, 0.2) is 5.96 Å². The SMILES string of the molecule is CN=C(NCCNC(=O)c1ccccc1Cl)NC1CN(C(C)C)CC1C.I. The van der Waals surface area contributed by atoms with Crippen LogP contribution in [0.2, 0.25) is 5.02 Å². The minimum atomic E-state index is -0.169. The molecule has 1 fully saturated rings. The molecule has 1 aromatic carbocycles. The Bertz CT molecular complexity index is 640. The predicted octanol–water partition coefficient (Wildman–Crippen LogP) is 2.58. The van der Waals surface area contributed by atoms with Crippen LogP contribution in [0.25, 0.3) is 0 Å². The molecule has 2 unspecified atom stereocenters. The van der Waals surface area contributed by atoms with Crippen molar-refractivity contribution in [3.8, 4) is 0 Å². The van der Waals surface area contributed by atoms with Crippen LogP contribution in [-0.4, -0.2) is 62.1 Å². The fourth-order valence-corrected chi connectivity index (χ4v) is 3.30. The minimum absolute atomic E-state index is 0. The summed E-state index contributed by atoms with van der Waals surface area (Å²) in [6.45, 7) is 9.90. The summed E-state index contributed by atoms with van der Waals surface area (Å²) in [7, 11) is 1.76. The number of hydrogen-bond acceptors (Lipinski definition) is 3. The van der Waals surface area contributed by atoms with Crippen LogP contribution in [0.3, 0.4) is 0 Å². The molecule has 0 spiro atoms. The third kappa shape index (κ3) is 7.12. The number of rotatable bonds is 6. The second-order valence-electron chi connectivity index (χ2n) is 7.01. The first-order valence-corrected chi connectivity index (χ1v) is 9.54. The van der Waals surface area contributed by atoms with E-state index in [2.05, 4.69) is 46.6 Å². The molecule has 152 valence electrons. The van der Waals surface area contributed by atoms with Gasteiger partial charge < -0.3 is 16.0 Å². The lowest BCUT2D eigenvalue weighted by Gasteiger charge is -2.22. The highest BCUT2D eigenvalue weighted by atomic mass is 127. The van der Waals surface area contributed by atoms with Crippen LogP contribution >= 0.6 is 35.6 Å². The second-order valence-corrected chi connectivity index (χ2v) is 7.42. The maximum Gasteiger partial charge on any atom is 0.252 e.